The van der Waals surface area contributed by atoms with E-state index in [1.165, 1.54) is 36.2 Å². The Morgan fingerprint density at radius 1 is 0.935 bits per heavy atom. The Morgan fingerprint density at radius 2 is 1.74 bits per heavy atom. The quantitative estimate of drug-likeness (QED) is 0.654. The Balaban J connectivity index is 1.19. The molecule has 0 bridgehead atoms. The van der Waals surface area contributed by atoms with Crippen LogP contribution in [0.1, 0.15) is 54.4 Å². The van der Waals surface area contributed by atoms with Crippen molar-refractivity contribution in [3.05, 3.63) is 77.5 Å². The van der Waals surface area contributed by atoms with Crippen molar-refractivity contribution in [2.24, 2.45) is 5.92 Å². The molecule has 0 N–H and O–H groups in total. The van der Waals surface area contributed by atoms with E-state index in [4.69, 9.17) is 4.74 Å². The molecule has 2 atom stereocenters. The predicted octanol–water partition coefficient (Wildman–Crippen LogP) is 5.40. The molecule has 162 valence electrons. The van der Waals surface area contributed by atoms with Gasteiger partial charge in [0.25, 0.3) is 5.91 Å². The third-order valence-corrected chi connectivity index (χ3v) is 6.97. The van der Waals surface area contributed by atoms with Crippen LogP contribution in [0.25, 0.3) is 0 Å². The molecule has 4 nitrogen and oxygen atoms in total. The summed E-state index contributed by atoms with van der Waals surface area (Å²) in [6, 6.07) is 18.6. The topological polar surface area (TPSA) is 32.8 Å². The molecule has 31 heavy (non-hydrogen) atoms. The van der Waals surface area contributed by atoms with E-state index in [0.29, 0.717) is 12.5 Å². The number of nitrogens with zero attached hydrogens (tertiary/aromatic N) is 2. The Hall–Kier alpha value is -2.59. The Bertz CT molecular complexity index is 922. The highest BCUT2D eigenvalue weighted by molar-refractivity contribution is 5.95. The molecule has 0 aromatic heterocycles. The van der Waals surface area contributed by atoms with Crippen LogP contribution in [-0.2, 0) is 11.3 Å². The highest BCUT2D eigenvalue weighted by atomic mass is 16.5. The fourth-order valence-corrected chi connectivity index (χ4v) is 5.25. The summed E-state index contributed by atoms with van der Waals surface area (Å²) < 4.78 is 6.12. The van der Waals surface area contributed by atoms with Gasteiger partial charge in [0.2, 0.25) is 0 Å². The minimum atomic E-state index is 0.162. The maximum atomic E-state index is 13.2. The molecule has 1 aliphatic carbocycles. The van der Waals surface area contributed by atoms with Crippen LogP contribution in [-0.4, -0.2) is 36.5 Å². The molecule has 1 amide bonds. The Labute approximate surface area is 185 Å². The van der Waals surface area contributed by atoms with Crippen LogP contribution < -0.4 is 4.90 Å². The van der Waals surface area contributed by atoms with E-state index in [1.807, 2.05) is 23.1 Å². The normalized spacial score (nSPS) is 23.4. The van der Waals surface area contributed by atoms with Crippen LogP contribution in [0.3, 0.4) is 0 Å². The van der Waals surface area contributed by atoms with Crippen molar-refractivity contribution in [1.29, 1.82) is 0 Å². The largest absolute Gasteiger partial charge is 0.372 e. The second-order valence-corrected chi connectivity index (χ2v) is 9.06. The minimum Gasteiger partial charge on any atom is -0.372 e. The van der Waals surface area contributed by atoms with Gasteiger partial charge in [-0.15, -0.1) is 0 Å². The van der Waals surface area contributed by atoms with Crippen LogP contribution in [0, 0.1) is 5.92 Å². The van der Waals surface area contributed by atoms with Gasteiger partial charge in [-0.2, -0.15) is 0 Å². The van der Waals surface area contributed by atoms with E-state index < -0.39 is 0 Å². The summed E-state index contributed by atoms with van der Waals surface area (Å²) in [5, 5.41) is 0. The molecule has 1 unspecified atom stereocenters. The fourth-order valence-electron chi connectivity index (χ4n) is 5.25. The van der Waals surface area contributed by atoms with Gasteiger partial charge in [-0.25, -0.2) is 0 Å². The molecule has 2 heterocycles. The van der Waals surface area contributed by atoms with Crippen molar-refractivity contribution in [2.45, 2.75) is 51.2 Å². The van der Waals surface area contributed by atoms with Gasteiger partial charge in [0.15, 0.2) is 0 Å². The first-order valence-electron chi connectivity index (χ1n) is 11.8. The zero-order chi connectivity index (χ0) is 21.0. The smallest absolute Gasteiger partial charge is 0.258 e. The lowest BCUT2D eigenvalue weighted by Crippen LogP contribution is -2.39. The number of ether oxygens (including phenoxy) is 1. The van der Waals surface area contributed by atoms with Crippen LogP contribution >= 0.6 is 0 Å². The predicted molar refractivity (Wildman–Crippen MR) is 124 cm³/mol. The SMILES string of the molecule is O=C(c1ccc(N2CC[C@@H](OCc3ccccc3)C2)cc1)N1CCCC2CCCC=C21. The maximum Gasteiger partial charge on any atom is 0.258 e. The number of anilines is 1. The Morgan fingerprint density at radius 3 is 2.58 bits per heavy atom. The molecule has 2 aromatic rings. The Kier molecular flexibility index (Phi) is 6.08. The molecular formula is C27H32N2O2. The van der Waals surface area contributed by atoms with Gasteiger partial charge in [0.05, 0.1) is 12.7 Å². The van der Waals surface area contributed by atoms with E-state index in [1.54, 1.807) is 0 Å². The standard InChI is InChI=1S/C27H32N2O2/c30-27(29-17-6-10-22-9-4-5-11-26(22)29)23-12-14-24(15-13-23)28-18-16-25(19-28)31-20-21-7-2-1-3-8-21/h1-3,7-8,11-15,22,25H,4-6,9-10,16-20H2/t22?,25-/m1/s1. The van der Waals surface area contributed by atoms with E-state index in [-0.39, 0.29) is 12.0 Å². The van der Waals surface area contributed by atoms with Crippen LogP contribution in [0.2, 0.25) is 0 Å². The van der Waals surface area contributed by atoms with Gasteiger partial charge in [-0.3, -0.25) is 4.79 Å². The third-order valence-electron chi connectivity index (χ3n) is 6.97. The summed E-state index contributed by atoms with van der Waals surface area (Å²) in [5.41, 5.74) is 4.48. The number of piperidine rings is 1. The van der Waals surface area contributed by atoms with Gasteiger partial charge in [-0.1, -0.05) is 36.4 Å². The second kappa shape index (κ2) is 9.27. The molecule has 0 spiro atoms. The molecule has 2 fully saturated rings. The summed E-state index contributed by atoms with van der Waals surface area (Å²) in [4.78, 5) is 17.6. The van der Waals surface area contributed by atoms with Crippen molar-refractivity contribution in [3.63, 3.8) is 0 Å². The number of hydrogen-bond donors (Lipinski definition) is 0. The van der Waals surface area contributed by atoms with E-state index >= 15 is 0 Å². The van der Waals surface area contributed by atoms with Crippen molar-refractivity contribution in [3.8, 4) is 0 Å². The molecule has 2 saturated heterocycles. The van der Waals surface area contributed by atoms with E-state index in [2.05, 4.69) is 47.4 Å². The number of amides is 1. The van der Waals surface area contributed by atoms with Crippen LogP contribution in [0.5, 0.6) is 0 Å². The molecule has 2 aromatic carbocycles. The minimum absolute atomic E-state index is 0.162. The number of benzene rings is 2. The lowest BCUT2D eigenvalue weighted by molar-refractivity contribution is 0.0553. The maximum absolute atomic E-state index is 13.2. The average Bonchev–Trinajstić information content (AvgIpc) is 3.32. The number of rotatable bonds is 5. The van der Waals surface area contributed by atoms with E-state index in [9.17, 15) is 4.79 Å². The molecule has 5 rings (SSSR count). The zero-order valence-corrected chi connectivity index (χ0v) is 18.2. The lowest BCUT2D eigenvalue weighted by atomic mass is 9.84. The van der Waals surface area contributed by atoms with Gasteiger partial charge in [0, 0.05) is 36.6 Å². The van der Waals surface area contributed by atoms with Crippen LogP contribution in [0.4, 0.5) is 5.69 Å². The average molecular weight is 417 g/mol. The molecule has 0 saturated carbocycles. The number of carbonyl (C=O) groups is 1. The van der Waals surface area contributed by atoms with Gasteiger partial charge in [0.1, 0.15) is 0 Å². The highest BCUT2D eigenvalue weighted by Gasteiger charge is 2.31. The molecule has 4 heteroatoms. The van der Waals surface area contributed by atoms with Gasteiger partial charge >= 0.3 is 0 Å². The second-order valence-electron chi connectivity index (χ2n) is 9.06. The number of fused-ring (bicyclic) bond motifs is 1. The first-order chi connectivity index (χ1) is 15.3. The van der Waals surface area contributed by atoms with Crippen molar-refractivity contribution < 1.29 is 9.53 Å². The molecule has 2 aliphatic heterocycles. The zero-order valence-electron chi connectivity index (χ0n) is 18.2. The van der Waals surface area contributed by atoms with Crippen molar-refractivity contribution in [1.82, 2.24) is 4.90 Å². The van der Waals surface area contributed by atoms with Crippen molar-refractivity contribution in [2.75, 3.05) is 24.5 Å². The lowest BCUT2D eigenvalue weighted by Gasteiger charge is -2.38. The number of allylic oxidation sites excluding steroid dienone is 2. The van der Waals surface area contributed by atoms with Crippen molar-refractivity contribution >= 4 is 11.6 Å². The summed E-state index contributed by atoms with van der Waals surface area (Å²) in [6.45, 7) is 3.42. The molecule has 3 aliphatic rings. The number of likely N-dealkylation sites (tertiary alicyclic amines) is 1. The third kappa shape index (κ3) is 4.54. The number of hydrogen-bond acceptors (Lipinski definition) is 3. The molecule has 0 radical (unpaired) electrons. The molecular weight excluding hydrogens is 384 g/mol. The number of carbonyl (C=O) groups excluding carboxylic acids is 1. The van der Waals surface area contributed by atoms with E-state index in [0.717, 1.165) is 44.5 Å². The summed E-state index contributed by atoms with van der Waals surface area (Å²) in [6.07, 6.45) is 9.55. The fraction of sp³-hybridized carbons (Fsp3) is 0.444. The van der Waals surface area contributed by atoms with Gasteiger partial charge < -0.3 is 14.5 Å². The first kappa shape index (κ1) is 20.3. The summed E-state index contributed by atoms with van der Waals surface area (Å²) in [7, 11) is 0. The summed E-state index contributed by atoms with van der Waals surface area (Å²) >= 11 is 0. The van der Waals surface area contributed by atoms with Crippen LogP contribution in [0.15, 0.2) is 66.4 Å². The van der Waals surface area contributed by atoms with Gasteiger partial charge in [-0.05, 0) is 74.3 Å². The summed E-state index contributed by atoms with van der Waals surface area (Å²) in [5.74, 6) is 0.748. The first-order valence-corrected chi connectivity index (χ1v) is 11.8. The highest BCUT2D eigenvalue weighted by Crippen LogP contribution is 2.36. The monoisotopic (exact) mass is 416 g/mol.